The quantitative estimate of drug-likeness (QED) is 0.586. The SMILES string of the molecule is COC(=O)CCCCCNC(=O)c1csc(-c2ccc(C)cc2)n1. The molecule has 0 spiro atoms. The number of thiazole rings is 1. The Balaban J connectivity index is 1.75. The lowest BCUT2D eigenvalue weighted by Gasteiger charge is -2.03. The van der Waals surface area contributed by atoms with Crippen molar-refractivity contribution in [1.82, 2.24) is 10.3 Å². The van der Waals surface area contributed by atoms with Gasteiger partial charge in [0.05, 0.1) is 7.11 Å². The molecule has 1 N–H and O–H groups in total. The lowest BCUT2D eigenvalue weighted by Crippen LogP contribution is -2.24. The van der Waals surface area contributed by atoms with Crippen LogP contribution in [0, 0.1) is 6.92 Å². The van der Waals surface area contributed by atoms with Gasteiger partial charge in [-0.25, -0.2) is 4.98 Å². The van der Waals surface area contributed by atoms with Crippen molar-refractivity contribution in [1.29, 1.82) is 0 Å². The standard InChI is InChI=1S/C18H22N2O3S/c1-13-7-9-14(10-8-13)18-20-15(12-24-18)17(22)19-11-5-3-4-6-16(21)23-2/h7-10,12H,3-6,11H2,1-2H3,(H,19,22). The van der Waals surface area contributed by atoms with Crippen LogP contribution in [0.3, 0.4) is 0 Å². The Hall–Kier alpha value is -2.21. The van der Waals surface area contributed by atoms with E-state index < -0.39 is 0 Å². The van der Waals surface area contributed by atoms with E-state index in [0.29, 0.717) is 18.7 Å². The molecule has 6 heteroatoms. The predicted octanol–water partition coefficient (Wildman–Crippen LogP) is 3.58. The van der Waals surface area contributed by atoms with E-state index in [4.69, 9.17) is 0 Å². The maximum atomic E-state index is 12.1. The zero-order valence-electron chi connectivity index (χ0n) is 14.0. The number of esters is 1. The van der Waals surface area contributed by atoms with E-state index in [0.717, 1.165) is 29.8 Å². The molecule has 0 atom stereocenters. The van der Waals surface area contributed by atoms with Gasteiger partial charge in [-0.2, -0.15) is 0 Å². The fraction of sp³-hybridized carbons (Fsp3) is 0.389. The van der Waals surface area contributed by atoms with E-state index in [9.17, 15) is 9.59 Å². The minimum atomic E-state index is -0.190. The van der Waals surface area contributed by atoms with E-state index in [1.54, 1.807) is 5.38 Å². The molecule has 0 unspecified atom stereocenters. The first-order valence-corrected chi connectivity index (χ1v) is 8.85. The van der Waals surface area contributed by atoms with Crippen molar-refractivity contribution >= 4 is 23.2 Å². The fourth-order valence-corrected chi connectivity index (χ4v) is 2.98. The zero-order chi connectivity index (χ0) is 17.4. The second-order valence-electron chi connectivity index (χ2n) is 5.55. The molecule has 1 heterocycles. The molecule has 0 saturated heterocycles. The van der Waals surface area contributed by atoms with E-state index in [-0.39, 0.29) is 11.9 Å². The van der Waals surface area contributed by atoms with Crippen LogP contribution in [0.25, 0.3) is 10.6 Å². The molecular weight excluding hydrogens is 324 g/mol. The van der Waals surface area contributed by atoms with Crippen molar-refractivity contribution in [3.8, 4) is 10.6 Å². The van der Waals surface area contributed by atoms with Gasteiger partial charge in [-0.15, -0.1) is 11.3 Å². The number of aryl methyl sites for hydroxylation is 1. The van der Waals surface area contributed by atoms with Crippen LogP contribution in [0.15, 0.2) is 29.6 Å². The number of hydrogen-bond acceptors (Lipinski definition) is 5. The Bertz CT molecular complexity index is 680. The number of benzene rings is 1. The lowest BCUT2D eigenvalue weighted by atomic mass is 10.2. The Morgan fingerprint density at radius 3 is 2.62 bits per heavy atom. The monoisotopic (exact) mass is 346 g/mol. The highest BCUT2D eigenvalue weighted by atomic mass is 32.1. The van der Waals surface area contributed by atoms with Crippen molar-refractivity contribution < 1.29 is 14.3 Å². The van der Waals surface area contributed by atoms with Crippen LogP contribution in [-0.4, -0.2) is 30.5 Å². The Labute approximate surface area is 146 Å². The summed E-state index contributed by atoms with van der Waals surface area (Å²) in [6.07, 6.45) is 2.91. The van der Waals surface area contributed by atoms with Crippen LogP contribution in [0.5, 0.6) is 0 Å². The second kappa shape index (κ2) is 9.17. The lowest BCUT2D eigenvalue weighted by molar-refractivity contribution is -0.140. The van der Waals surface area contributed by atoms with Crippen LogP contribution in [0.2, 0.25) is 0 Å². The van der Waals surface area contributed by atoms with Gasteiger partial charge in [-0.1, -0.05) is 36.2 Å². The van der Waals surface area contributed by atoms with Gasteiger partial charge in [0.25, 0.3) is 5.91 Å². The van der Waals surface area contributed by atoms with Gasteiger partial charge in [-0.05, 0) is 19.8 Å². The first-order chi connectivity index (χ1) is 11.6. The molecule has 128 valence electrons. The van der Waals surface area contributed by atoms with Crippen molar-refractivity contribution in [2.75, 3.05) is 13.7 Å². The highest BCUT2D eigenvalue weighted by Gasteiger charge is 2.11. The molecule has 5 nitrogen and oxygen atoms in total. The minimum Gasteiger partial charge on any atom is -0.469 e. The summed E-state index contributed by atoms with van der Waals surface area (Å²) in [6.45, 7) is 2.62. The van der Waals surface area contributed by atoms with E-state index >= 15 is 0 Å². The van der Waals surface area contributed by atoms with Crippen LogP contribution >= 0.6 is 11.3 Å². The van der Waals surface area contributed by atoms with Crippen LogP contribution in [0.1, 0.15) is 41.7 Å². The van der Waals surface area contributed by atoms with E-state index in [2.05, 4.69) is 15.0 Å². The molecule has 0 aliphatic rings. The normalized spacial score (nSPS) is 10.4. The molecule has 1 amide bonds. The number of unbranched alkanes of at least 4 members (excludes halogenated alkanes) is 2. The molecule has 1 aromatic heterocycles. The van der Waals surface area contributed by atoms with E-state index in [1.165, 1.54) is 24.0 Å². The van der Waals surface area contributed by atoms with Gasteiger partial charge in [-0.3, -0.25) is 9.59 Å². The molecule has 1 aromatic carbocycles. The van der Waals surface area contributed by atoms with Gasteiger partial charge >= 0.3 is 5.97 Å². The number of aromatic nitrogens is 1. The van der Waals surface area contributed by atoms with Crippen LogP contribution in [0.4, 0.5) is 0 Å². The first kappa shape index (κ1) is 18.1. The summed E-state index contributed by atoms with van der Waals surface area (Å²) < 4.78 is 4.58. The maximum absolute atomic E-state index is 12.1. The summed E-state index contributed by atoms with van der Waals surface area (Å²) in [7, 11) is 1.39. The Morgan fingerprint density at radius 1 is 1.17 bits per heavy atom. The summed E-state index contributed by atoms with van der Waals surface area (Å²) in [6, 6.07) is 8.09. The third kappa shape index (κ3) is 5.45. The van der Waals surface area contributed by atoms with Gasteiger partial charge in [0.15, 0.2) is 0 Å². The number of methoxy groups -OCH3 is 1. The molecule has 0 aliphatic carbocycles. The summed E-state index contributed by atoms with van der Waals surface area (Å²) in [5.41, 5.74) is 2.66. The fourth-order valence-electron chi connectivity index (χ4n) is 2.17. The molecule has 0 fully saturated rings. The predicted molar refractivity (Wildman–Crippen MR) is 95.1 cm³/mol. The molecule has 2 rings (SSSR count). The Kier molecular flexibility index (Phi) is 6.93. The van der Waals surface area contributed by atoms with Gasteiger partial charge in [0.1, 0.15) is 10.7 Å². The number of amides is 1. The summed E-state index contributed by atoms with van der Waals surface area (Å²) in [5, 5.41) is 5.49. The van der Waals surface area contributed by atoms with Crippen molar-refractivity contribution in [2.24, 2.45) is 0 Å². The van der Waals surface area contributed by atoms with E-state index in [1.807, 2.05) is 31.2 Å². The number of nitrogens with zero attached hydrogens (tertiary/aromatic N) is 1. The number of carbonyl (C=O) groups is 2. The van der Waals surface area contributed by atoms with Crippen LogP contribution in [-0.2, 0) is 9.53 Å². The maximum Gasteiger partial charge on any atom is 0.305 e. The van der Waals surface area contributed by atoms with Crippen molar-refractivity contribution in [3.05, 3.63) is 40.9 Å². The first-order valence-electron chi connectivity index (χ1n) is 7.97. The average molecular weight is 346 g/mol. The molecular formula is C18H22N2O3S. The highest BCUT2D eigenvalue weighted by Crippen LogP contribution is 2.23. The number of hydrogen-bond donors (Lipinski definition) is 1. The minimum absolute atomic E-state index is 0.155. The molecule has 0 bridgehead atoms. The highest BCUT2D eigenvalue weighted by molar-refractivity contribution is 7.13. The number of ether oxygens (including phenoxy) is 1. The third-order valence-electron chi connectivity index (χ3n) is 3.61. The zero-order valence-corrected chi connectivity index (χ0v) is 14.8. The summed E-state index contributed by atoms with van der Waals surface area (Å²) in [5.74, 6) is -0.345. The topological polar surface area (TPSA) is 68.3 Å². The third-order valence-corrected chi connectivity index (χ3v) is 4.50. The van der Waals surface area contributed by atoms with Gasteiger partial charge in [0, 0.05) is 23.9 Å². The van der Waals surface area contributed by atoms with Crippen molar-refractivity contribution in [3.63, 3.8) is 0 Å². The van der Waals surface area contributed by atoms with Gasteiger partial charge in [0.2, 0.25) is 0 Å². The number of nitrogens with one attached hydrogen (secondary N) is 1. The Morgan fingerprint density at radius 2 is 1.92 bits per heavy atom. The number of rotatable bonds is 8. The molecule has 0 aliphatic heterocycles. The molecule has 0 saturated carbocycles. The molecule has 24 heavy (non-hydrogen) atoms. The smallest absolute Gasteiger partial charge is 0.305 e. The summed E-state index contributed by atoms with van der Waals surface area (Å²) >= 11 is 1.47. The van der Waals surface area contributed by atoms with Crippen LogP contribution < -0.4 is 5.32 Å². The largest absolute Gasteiger partial charge is 0.469 e. The van der Waals surface area contributed by atoms with Crippen molar-refractivity contribution in [2.45, 2.75) is 32.6 Å². The second-order valence-corrected chi connectivity index (χ2v) is 6.40. The molecule has 0 radical (unpaired) electrons. The number of carbonyl (C=O) groups excluding carboxylic acids is 2. The molecule has 2 aromatic rings. The summed E-state index contributed by atoms with van der Waals surface area (Å²) in [4.78, 5) is 27.5. The average Bonchev–Trinajstić information content (AvgIpc) is 3.08. The van der Waals surface area contributed by atoms with Gasteiger partial charge < -0.3 is 10.1 Å².